The number of hydrogen-bond donors (Lipinski definition) is 4. The average molecular weight is 384 g/mol. The molecule has 0 aromatic carbocycles. The maximum Gasteiger partial charge on any atom is 0.326 e. The van der Waals surface area contributed by atoms with Crippen LogP contribution in [0.1, 0.15) is 67.7 Å². The van der Waals surface area contributed by atoms with E-state index in [0.717, 1.165) is 13.0 Å². The number of aliphatic carboxylic acids is 1. The molecule has 1 saturated heterocycles. The van der Waals surface area contributed by atoms with Gasteiger partial charge in [-0.25, -0.2) is 4.79 Å². The second-order valence-electron chi connectivity index (χ2n) is 9.09. The molecule has 4 atom stereocenters. The molecule has 156 valence electrons. The van der Waals surface area contributed by atoms with Gasteiger partial charge in [-0.3, -0.25) is 9.59 Å². The van der Waals surface area contributed by atoms with Gasteiger partial charge in [0.1, 0.15) is 17.6 Å². The molecular formula is C20H37N3O4. The lowest BCUT2D eigenvalue weighted by molar-refractivity contribution is -0.144. The van der Waals surface area contributed by atoms with Crippen LogP contribution >= 0.6 is 0 Å². The van der Waals surface area contributed by atoms with Gasteiger partial charge in [-0.05, 0) is 36.6 Å². The number of carbonyl (C=O) groups is 3. The van der Waals surface area contributed by atoms with Crippen LogP contribution in [-0.2, 0) is 14.4 Å². The molecule has 0 bridgehead atoms. The molecule has 7 heteroatoms. The smallest absolute Gasteiger partial charge is 0.326 e. The van der Waals surface area contributed by atoms with Gasteiger partial charge >= 0.3 is 5.97 Å². The molecular weight excluding hydrogens is 346 g/mol. The average Bonchev–Trinajstić information content (AvgIpc) is 3.06. The summed E-state index contributed by atoms with van der Waals surface area (Å²) >= 11 is 0. The second kappa shape index (κ2) is 9.04. The molecule has 0 aliphatic carbocycles. The standard InChI is InChI=1S/C20H37N3O4/c1-8-13(4)15(16(24)22-14(12(2)3)17(25)26)23-18(27)20(19(5,6)7)10-9-11-21-20/h12-15,21H,8-11H2,1-7H3,(H,22,24)(H,23,27)(H,25,26)/t13-,14-,15-,20-/m0/s1. The minimum atomic E-state index is -1.07. The summed E-state index contributed by atoms with van der Waals surface area (Å²) in [6.45, 7) is 14.1. The van der Waals surface area contributed by atoms with Gasteiger partial charge in [0.25, 0.3) is 0 Å². The third kappa shape index (κ3) is 5.21. The summed E-state index contributed by atoms with van der Waals surface area (Å²) < 4.78 is 0. The number of hydrogen-bond acceptors (Lipinski definition) is 4. The summed E-state index contributed by atoms with van der Waals surface area (Å²) in [6.07, 6.45) is 2.30. The van der Waals surface area contributed by atoms with E-state index in [1.807, 2.05) is 34.6 Å². The first kappa shape index (κ1) is 23.4. The number of carboxylic acid groups (broad SMARTS) is 1. The Balaban J connectivity index is 3.05. The number of carboxylic acids is 1. The minimum Gasteiger partial charge on any atom is -0.480 e. The van der Waals surface area contributed by atoms with E-state index in [9.17, 15) is 19.5 Å². The highest BCUT2D eigenvalue weighted by Gasteiger charge is 2.51. The topological polar surface area (TPSA) is 108 Å². The number of amides is 2. The van der Waals surface area contributed by atoms with E-state index in [1.165, 1.54) is 0 Å². The molecule has 1 fully saturated rings. The molecule has 0 unspecified atom stereocenters. The Morgan fingerprint density at radius 1 is 1.11 bits per heavy atom. The molecule has 0 radical (unpaired) electrons. The Bertz CT molecular complexity index is 548. The molecule has 1 aliphatic heterocycles. The van der Waals surface area contributed by atoms with Crippen LogP contribution in [0.5, 0.6) is 0 Å². The van der Waals surface area contributed by atoms with Crippen molar-refractivity contribution >= 4 is 17.8 Å². The van der Waals surface area contributed by atoms with Crippen LogP contribution in [0, 0.1) is 17.3 Å². The summed E-state index contributed by atoms with van der Waals surface area (Å²) in [5.74, 6) is -2.08. The van der Waals surface area contributed by atoms with Gasteiger partial charge < -0.3 is 21.1 Å². The van der Waals surface area contributed by atoms with E-state index in [2.05, 4.69) is 16.0 Å². The molecule has 0 saturated carbocycles. The van der Waals surface area contributed by atoms with E-state index in [1.54, 1.807) is 13.8 Å². The molecule has 7 nitrogen and oxygen atoms in total. The van der Waals surface area contributed by atoms with Crippen LogP contribution in [-0.4, -0.2) is 47.1 Å². The summed E-state index contributed by atoms with van der Waals surface area (Å²) in [5, 5.41) is 18.2. The van der Waals surface area contributed by atoms with Crippen molar-refractivity contribution in [2.75, 3.05) is 6.54 Å². The zero-order valence-electron chi connectivity index (χ0n) is 17.8. The highest BCUT2D eigenvalue weighted by molar-refractivity contribution is 5.94. The van der Waals surface area contributed by atoms with Crippen LogP contribution < -0.4 is 16.0 Å². The van der Waals surface area contributed by atoms with E-state index < -0.39 is 29.5 Å². The fourth-order valence-corrected chi connectivity index (χ4v) is 3.64. The van der Waals surface area contributed by atoms with Gasteiger partial charge in [0.05, 0.1) is 0 Å². The fraction of sp³-hybridized carbons (Fsp3) is 0.850. The minimum absolute atomic E-state index is 0.117. The van der Waals surface area contributed by atoms with Crippen molar-refractivity contribution in [1.29, 1.82) is 0 Å². The molecule has 2 amide bonds. The van der Waals surface area contributed by atoms with Crippen LogP contribution in [0.3, 0.4) is 0 Å². The zero-order valence-corrected chi connectivity index (χ0v) is 17.8. The highest BCUT2D eigenvalue weighted by Crippen LogP contribution is 2.37. The second-order valence-corrected chi connectivity index (χ2v) is 9.09. The fourth-order valence-electron chi connectivity index (χ4n) is 3.64. The van der Waals surface area contributed by atoms with Crippen molar-refractivity contribution in [2.45, 2.75) is 85.4 Å². The first-order chi connectivity index (χ1) is 12.4. The predicted octanol–water partition coefficient (Wildman–Crippen LogP) is 1.91. The normalized spacial score (nSPS) is 23.6. The first-order valence-electron chi connectivity index (χ1n) is 9.96. The van der Waals surface area contributed by atoms with E-state index >= 15 is 0 Å². The van der Waals surface area contributed by atoms with Gasteiger partial charge in [-0.2, -0.15) is 0 Å². The van der Waals surface area contributed by atoms with Crippen molar-refractivity contribution in [3.05, 3.63) is 0 Å². The maximum atomic E-state index is 13.2. The third-order valence-corrected chi connectivity index (χ3v) is 5.84. The molecule has 1 heterocycles. The number of nitrogens with one attached hydrogen (secondary N) is 3. The van der Waals surface area contributed by atoms with E-state index in [0.29, 0.717) is 12.8 Å². The van der Waals surface area contributed by atoms with Gasteiger partial charge in [-0.1, -0.05) is 54.9 Å². The maximum absolute atomic E-state index is 13.2. The quantitative estimate of drug-likeness (QED) is 0.512. The van der Waals surface area contributed by atoms with Gasteiger partial charge in [0.2, 0.25) is 11.8 Å². The highest BCUT2D eigenvalue weighted by atomic mass is 16.4. The SMILES string of the molecule is CC[C@H](C)[C@H](NC(=O)[C@]1(C(C)(C)C)CCCN1)C(=O)N[C@H](C(=O)O)C(C)C. The summed E-state index contributed by atoms with van der Waals surface area (Å²) in [5.41, 5.74) is -1.05. The molecule has 0 aromatic rings. The Hall–Kier alpha value is -1.63. The predicted molar refractivity (Wildman–Crippen MR) is 105 cm³/mol. The number of carbonyl (C=O) groups excluding carboxylic acids is 2. The van der Waals surface area contributed by atoms with Gasteiger partial charge in [0, 0.05) is 0 Å². The molecule has 1 aliphatic rings. The monoisotopic (exact) mass is 383 g/mol. The van der Waals surface area contributed by atoms with Crippen molar-refractivity contribution in [3.63, 3.8) is 0 Å². The number of rotatable bonds is 8. The molecule has 4 N–H and O–H groups in total. The molecule has 27 heavy (non-hydrogen) atoms. The van der Waals surface area contributed by atoms with E-state index in [-0.39, 0.29) is 23.2 Å². The lowest BCUT2D eigenvalue weighted by atomic mass is 9.71. The molecule has 1 rings (SSSR count). The lowest BCUT2D eigenvalue weighted by Crippen LogP contribution is -2.65. The Kier molecular flexibility index (Phi) is 7.84. The summed E-state index contributed by atoms with van der Waals surface area (Å²) in [6, 6.07) is -1.76. The Morgan fingerprint density at radius 3 is 2.07 bits per heavy atom. The van der Waals surface area contributed by atoms with Gasteiger partial charge in [0.15, 0.2) is 0 Å². The van der Waals surface area contributed by atoms with E-state index in [4.69, 9.17) is 0 Å². The van der Waals surface area contributed by atoms with Crippen LogP contribution in [0.2, 0.25) is 0 Å². The Labute approximate surface area is 163 Å². The van der Waals surface area contributed by atoms with Crippen LogP contribution in [0.4, 0.5) is 0 Å². The first-order valence-corrected chi connectivity index (χ1v) is 9.96. The largest absolute Gasteiger partial charge is 0.480 e. The van der Waals surface area contributed by atoms with Crippen LogP contribution in [0.25, 0.3) is 0 Å². The molecule has 0 spiro atoms. The van der Waals surface area contributed by atoms with Gasteiger partial charge in [-0.15, -0.1) is 0 Å². The molecule has 0 aromatic heterocycles. The van der Waals surface area contributed by atoms with Crippen molar-refractivity contribution in [2.24, 2.45) is 17.3 Å². The lowest BCUT2D eigenvalue weighted by Gasteiger charge is -2.42. The summed E-state index contributed by atoms with van der Waals surface area (Å²) in [7, 11) is 0. The van der Waals surface area contributed by atoms with Crippen molar-refractivity contribution in [3.8, 4) is 0 Å². The third-order valence-electron chi connectivity index (χ3n) is 5.84. The zero-order chi connectivity index (χ0) is 21.0. The van der Waals surface area contributed by atoms with Crippen LogP contribution in [0.15, 0.2) is 0 Å². The van der Waals surface area contributed by atoms with Crippen molar-refractivity contribution < 1.29 is 19.5 Å². The Morgan fingerprint density at radius 2 is 1.70 bits per heavy atom. The van der Waals surface area contributed by atoms with Crippen molar-refractivity contribution in [1.82, 2.24) is 16.0 Å². The summed E-state index contributed by atoms with van der Waals surface area (Å²) in [4.78, 5) is 37.5.